The van der Waals surface area contributed by atoms with E-state index in [4.69, 9.17) is 5.11 Å². The van der Waals surface area contributed by atoms with Gasteiger partial charge in [-0.3, -0.25) is 0 Å². The molecule has 0 amide bonds. The first-order valence-corrected chi connectivity index (χ1v) is 5.56. The first kappa shape index (κ1) is 10.5. The highest BCUT2D eigenvalue weighted by Crippen LogP contribution is 2.28. The maximum absolute atomic E-state index is 10.6. The zero-order chi connectivity index (χ0) is 9.30. The lowest BCUT2D eigenvalue weighted by molar-refractivity contribution is 0.0696. The predicted molar refractivity (Wildman–Crippen MR) is 61.5 cm³/mol. The number of hydrogen-bond donors (Lipinski definition) is 1. The molecule has 12 heavy (non-hydrogen) atoms. The van der Waals surface area contributed by atoms with Crippen LogP contribution in [-0.4, -0.2) is 11.1 Å². The lowest BCUT2D eigenvalue weighted by atomic mass is 10.2. The van der Waals surface area contributed by atoms with Gasteiger partial charge in [-0.2, -0.15) is 0 Å². The van der Waals surface area contributed by atoms with Gasteiger partial charge in [-0.15, -0.1) is 0 Å². The van der Waals surface area contributed by atoms with E-state index in [1.807, 2.05) is 0 Å². The van der Waals surface area contributed by atoms with Crippen molar-refractivity contribution in [2.24, 2.45) is 0 Å². The summed E-state index contributed by atoms with van der Waals surface area (Å²) in [6.07, 6.45) is 0. The van der Waals surface area contributed by atoms with E-state index in [1.165, 1.54) is 0 Å². The molecular weight excluding hydrogens is 403 g/mol. The highest BCUT2D eigenvalue weighted by Gasteiger charge is 2.08. The molecule has 0 spiro atoms. The molecule has 0 aliphatic rings. The van der Waals surface area contributed by atoms with Crippen LogP contribution in [0.3, 0.4) is 0 Å². The molecular formula is C7H3Br2IO2. The fraction of sp³-hybridized carbons (Fsp3) is 0. The molecule has 0 bridgehead atoms. The van der Waals surface area contributed by atoms with Crippen LogP contribution < -0.4 is 0 Å². The maximum Gasteiger partial charge on any atom is 0.335 e. The molecule has 1 rings (SSSR count). The van der Waals surface area contributed by atoms with Gasteiger partial charge in [0.15, 0.2) is 0 Å². The zero-order valence-electron chi connectivity index (χ0n) is 5.64. The zero-order valence-corrected chi connectivity index (χ0v) is 11.0. The lowest BCUT2D eigenvalue weighted by Crippen LogP contribution is -1.96. The number of carbonyl (C=O) groups is 1. The molecule has 2 nitrogen and oxygen atoms in total. The van der Waals surface area contributed by atoms with Crippen molar-refractivity contribution in [2.75, 3.05) is 0 Å². The molecule has 0 atom stereocenters. The standard InChI is InChI=1S/C7H3Br2IO2/c8-4-1-3(7(11)12)2-5(9)6(4)10/h1-2H,(H,11,12). The quantitative estimate of drug-likeness (QED) is 0.573. The lowest BCUT2D eigenvalue weighted by Gasteiger charge is -2.01. The van der Waals surface area contributed by atoms with Crippen LogP contribution in [0.15, 0.2) is 21.1 Å². The van der Waals surface area contributed by atoms with Gasteiger partial charge in [0, 0.05) is 12.5 Å². The van der Waals surface area contributed by atoms with Crippen LogP contribution in [-0.2, 0) is 0 Å². The Balaban J connectivity index is 3.31. The van der Waals surface area contributed by atoms with E-state index in [2.05, 4.69) is 54.5 Å². The molecule has 0 aliphatic carbocycles. The molecule has 5 heteroatoms. The summed E-state index contributed by atoms with van der Waals surface area (Å²) in [4.78, 5) is 10.6. The summed E-state index contributed by atoms with van der Waals surface area (Å²) in [7, 11) is 0. The van der Waals surface area contributed by atoms with Gasteiger partial charge in [0.25, 0.3) is 0 Å². The third-order valence-corrected chi connectivity index (χ3v) is 5.13. The van der Waals surface area contributed by atoms with Crippen molar-refractivity contribution in [3.63, 3.8) is 0 Å². The van der Waals surface area contributed by atoms with E-state index >= 15 is 0 Å². The fourth-order valence-corrected chi connectivity index (χ4v) is 2.18. The summed E-state index contributed by atoms with van der Waals surface area (Å²) in [5.41, 5.74) is 0.272. The molecule has 0 aliphatic heterocycles. The fourth-order valence-electron chi connectivity index (χ4n) is 0.679. The second-order valence-electron chi connectivity index (χ2n) is 2.06. The normalized spacial score (nSPS) is 9.92. The Labute approximate surface area is 99.7 Å². The van der Waals surface area contributed by atoms with Gasteiger partial charge in [0.05, 0.1) is 5.56 Å². The van der Waals surface area contributed by atoms with Crippen molar-refractivity contribution >= 4 is 60.4 Å². The molecule has 1 aromatic rings. The second-order valence-corrected chi connectivity index (χ2v) is 4.85. The average molecular weight is 406 g/mol. The summed E-state index contributed by atoms with van der Waals surface area (Å²) < 4.78 is 2.54. The van der Waals surface area contributed by atoms with Crippen LogP contribution in [0.25, 0.3) is 0 Å². The predicted octanol–water partition coefficient (Wildman–Crippen LogP) is 3.51. The molecule has 0 saturated carbocycles. The highest BCUT2D eigenvalue weighted by atomic mass is 127. The monoisotopic (exact) mass is 404 g/mol. The van der Waals surface area contributed by atoms with Gasteiger partial charge in [-0.25, -0.2) is 4.79 Å². The molecule has 0 saturated heterocycles. The number of carboxylic acid groups (broad SMARTS) is 1. The maximum atomic E-state index is 10.6. The Kier molecular flexibility index (Phi) is 3.54. The first-order valence-electron chi connectivity index (χ1n) is 2.90. The Bertz CT molecular complexity index is 315. The van der Waals surface area contributed by atoms with Gasteiger partial charge in [-0.1, -0.05) is 0 Å². The van der Waals surface area contributed by atoms with Crippen molar-refractivity contribution in [1.82, 2.24) is 0 Å². The van der Waals surface area contributed by atoms with Crippen LogP contribution in [0.1, 0.15) is 10.4 Å². The minimum Gasteiger partial charge on any atom is -0.478 e. The molecule has 0 fully saturated rings. The molecule has 0 radical (unpaired) electrons. The molecule has 1 N–H and O–H groups in total. The number of rotatable bonds is 1. The van der Waals surface area contributed by atoms with Crippen LogP contribution in [0, 0.1) is 3.57 Å². The Morgan fingerprint density at radius 1 is 1.33 bits per heavy atom. The third kappa shape index (κ3) is 2.20. The van der Waals surface area contributed by atoms with Gasteiger partial charge in [0.1, 0.15) is 0 Å². The summed E-state index contributed by atoms with van der Waals surface area (Å²) in [5, 5.41) is 8.68. The average Bonchev–Trinajstić information content (AvgIpc) is 1.99. The van der Waals surface area contributed by atoms with Crippen molar-refractivity contribution in [1.29, 1.82) is 0 Å². The number of benzene rings is 1. The minimum atomic E-state index is -0.923. The SMILES string of the molecule is O=C(O)c1cc(Br)c(I)c(Br)c1. The smallest absolute Gasteiger partial charge is 0.335 e. The van der Waals surface area contributed by atoms with Crippen LogP contribution >= 0.6 is 54.5 Å². The van der Waals surface area contributed by atoms with Crippen LogP contribution in [0.2, 0.25) is 0 Å². The number of hydrogen-bond acceptors (Lipinski definition) is 1. The summed E-state index contributed by atoms with van der Waals surface area (Å²) >= 11 is 8.65. The molecule has 0 unspecified atom stereocenters. The van der Waals surface area contributed by atoms with Crippen molar-refractivity contribution in [2.45, 2.75) is 0 Å². The summed E-state index contributed by atoms with van der Waals surface area (Å²) in [6, 6.07) is 3.16. The first-order chi connectivity index (χ1) is 5.52. The summed E-state index contributed by atoms with van der Waals surface area (Å²) in [6.45, 7) is 0. The largest absolute Gasteiger partial charge is 0.478 e. The number of aromatic carboxylic acids is 1. The van der Waals surface area contributed by atoms with E-state index in [-0.39, 0.29) is 5.56 Å². The van der Waals surface area contributed by atoms with E-state index in [0.717, 1.165) is 12.5 Å². The molecule has 0 heterocycles. The van der Waals surface area contributed by atoms with Crippen LogP contribution in [0.4, 0.5) is 0 Å². The Hall–Kier alpha value is 0.380. The number of halogens is 3. The third-order valence-electron chi connectivity index (χ3n) is 1.23. The number of carboxylic acids is 1. The van der Waals surface area contributed by atoms with E-state index < -0.39 is 5.97 Å². The van der Waals surface area contributed by atoms with E-state index in [0.29, 0.717) is 0 Å². The minimum absolute atomic E-state index is 0.272. The van der Waals surface area contributed by atoms with Crippen molar-refractivity contribution in [3.8, 4) is 0 Å². The van der Waals surface area contributed by atoms with E-state index in [1.54, 1.807) is 12.1 Å². The second kappa shape index (κ2) is 4.06. The topological polar surface area (TPSA) is 37.3 Å². The van der Waals surface area contributed by atoms with Gasteiger partial charge >= 0.3 is 5.97 Å². The Morgan fingerprint density at radius 2 is 1.75 bits per heavy atom. The molecule has 64 valence electrons. The van der Waals surface area contributed by atoms with E-state index in [9.17, 15) is 4.79 Å². The molecule has 0 aromatic heterocycles. The molecule has 1 aromatic carbocycles. The van der Waals surface area contributed by atoms with Crippen LogP contribution in [0.5, 0.6) is 0 Å². The van der Waals surface area contributed by atoms with Crippen molar-refractivity contribution in [3.05, 3.63) is 30.2 Å². The van der Waals surface area contributed by atoms with Gasteiger partial charge < -0.3 is 5.11 Å². The van der Waals surface area contributed by atoms with Gasteiger partial charge in [-0.05, 0) is 66.6 Å². The Morgan fingerprint density at radius 3 is 2.08 bits per heavy atom. The highest BCUT2D eigenvalue weighted by molar-refractivity contribution is 14.1. The van der Waals surface area contributed by atoms with Crippen molar-refractivity contribution < 1.29 is 9.90 Å². The van der Waals surface area contributed by atoms with Gasteiger partial charge in [0.2, 0.25) is 0 Å². The summed E-state index contributed by atoms with van der Waals surface area (Å²) in [5.74, 6) is -0.923.